The van der Waals surface area contributed by atoms with Crippen molar-refractivity contribution in [3.05, 3.63) is 38.0 Å². The maximum absolute atomic E-state index is 10.3. The molecule has 0 fully saturated rings. The van der Waals surface area contributed by atoms with Crippen LogP contribution in [0.3, 0.4) is 0 Å². The molecular weight excluding hydrogens is 188 g/mol. The predicted octanol–water partition coefficient (Wildman–Crippen LogP) is 3.65. The summed E-state index contributed by atoms with van der Waals surface area (Å²) in [6, 6.07) is 0. The van der Waals surface area contributed by atoms with Crippen LogP contribution in [0.4, 0.5) is 0 Å². The van der Waals surface area contributed by atoms with Crippen LogP contribution in [-0.2, 0) is 9.53 Å². The smallest absolute Gasteiger partial charge is 0.330 e. The zero-order valence-electron chi connectivity index (χ0n) is 9.71. The van der Waals surface area contributed by atoms with E-state index in [9.17, 15) is 4.79 Å². The Morgan fingerprint density at radius 1 is 1.20 bits per heavy atom. The number of carbonyl (C=O) groups is 1. The van der Waals surface area contributed by atoms with E-state index in [-0.39, 0.29) is 5.97 Å². The molecule has 0 aromatic rings. The second-order valence-corrected chi connectivity index (χ2v) is 2.88. The Labute approximate surface area is 93.3 Å². The van der Waals surface area contributed by atoms with Gasteiger partial charge in [0.25, 0.3) is 0 Å². The predicted molar refractivity (Wildman–Crippen MR) is 65.7 cm³/mol. The first-order valence-corrected chi connectivity index (χ1v) is 5.23. The van der Waals surface area contributed by atoms with E-state index in [4.69, 9.17) is 0 Å². The molecule has 0 aromatic carbocycles. The van der Waals surface area contributed by atoms with Crippen molar-refractivity contribution in [2.75, 3.05) is 6.61 Å². The highest BCUT2D eigenvalue weighted by Crippen LogP contribution is 1.88. The number of unbranched alkanes of at least 4 members (excludes halogenated alkanes) is 2. The molecule has 0 aromatic heterocycles. The van der Waals surface area contributed by atoms with Crippen LogP contribution in [0.5, 0.6) is 0 Å². The molecule has 0 bridgehead atoms. The van der Waals surface area contributed by atoms with E-state index in [1.165, 1.54) is 6.08 Å². The van der Waals surface area contributed by atoms with Gasteiger partial charge in [-0.3, -0.25) is 0 Å². The molecule has 2 nitrogen and oxygen atoms in total. The third-order valence-electron chi connectivity index (χ3n) is 1.48. The lowest BCUT2D eigenvalue weighted by Crippen LogP contribution is -2.00. The van der Waals surface area contributed by atoms with Crippen molar-refractivity contribution in [3.63, 3.8) is 0 Å². The first-order chi connectivity index (χ1) is 7.22. The zero-order chi connectivity index (χ0) is 11.9. The van der Waals surface area contributed by atoms with E-state index < -0.39 is 0 Å². The Morgan fingerprint density at radius 2 is 1.73 bits per heavy atom. The molecule has 0 atom stereocenters. The van der Waals surface area contributed by atoms with Crippen molar-refractivity contribution in [3.8, 4) is 0 Å². The summed E-state index contributed by atoms with van der Waals surface area (Å²) >= 11 is 0. The molecule has 0 aliphatic heterocycles. The van der Waals surface area contributed by atoms with Crippen LogP contribution in [0.1, 0.15) is 32.6 Å². The quantitative estimate of drug-likeness (QED) is 0.277. The van der Waals surface area contributed by atoms with Gasteiger partial charge >= 0.3 is 5.97 Å². The maximum atomic E-state index is 10.3. The first-order valence-electron chi connectivity index (χ1n) is 5.23. The van der Waals surface area contributed by atoms with Gasteiger partial charge in [0, 0.05) is 6.08 Å². The van der Waals surface area contributed by atoms with Gasteiger partial charge in [-0.05, 0) is 19.3 Å². The standard InChI is InChI=1S/C7H12O2.C6H10/c1-3-5-6-9-7(8)4-2;1-3-5-6-4-2/h4H,2-3,5-6H2,1H3;3-4H,1-2,5-6H2. The molecule has 0 aliphatic carbocycles. The Morgan fingerprint density at radius 3 is 2.07 bits per heavy atom. The summed E-state index contributed by atoms with van der Waals surface area (Å²) in [6.07, 6.45) is 9.05. The molecule has 0 N–H and O–H groups in total. The Hall–Kier alpha value is -1.31. The van der Waals surface area contributed by atoms with Crippen LogP contribution in [0, 0.1) is 0 Å². The fourth-order valence-electron chi connectivity index (χ4n) is 0.612. The van der Waals surface area contributed by atoms with Crippen molar-refractivity contribution in [2.45, 2.75) is 32.6 Å². The fourth-order valence-corrected chi connectivity index (χ4v) is 0.612. The molecule has 0 radical (unpaired) electrons. The summed E-state index contributed by atoms with van der Waals surface area (Å²) in [5.41, 5.74) is 0. The number of hydrogen-bond donors (Lipinski definition) is 0. The molecule has 86 valence electrons. The van der Waals surface area contributed by atoms with Gasteiger partial charge in [0.05, 0.1) is 6.61 Å². The van der Waals surface area contributed by atoms with Gasteiger partial charge in [0.1, 0.15) is 0 Å². The van der Waals surface area contributed by atoms with Gasteiger partial charge in [0.15, 0.2) is 0 Å². The molecule has 0 saturated heterocycles. The minimum Gasteiger partial charge on any atom is -0.463 e. The van der Waals surface area contributed by atoms with E-state index in [1.807, 2.05) is 19.1 Å². The van der Waals surface area contributed by atoms with Gasteiger partial charge in [-0.1, -0.05) is 32.1 Å². The number of ether oxygens (including phenoxy) is 1. The van der Waals surface area contributed by atoms with Crippen molar-refractivity contribution in [1.29, 1.82) is 0 Å². The topological polar surface area (TPSA) is 26.3 Å². The van der Waals surface area contributed by atoms with Crippen LogP contribution in [0.2, 0.25) is 0 Å². The van der Waals surface area contributed by atoms with Crippen LogP contribution in [0.15, 0.2) is 38.0 Å². The summed E-state index contributed by atoms with van der Waals surface area (Å²) in [5, 5.41) is 0. The second-order valence-electron chi connectivity index (χ2n) is 2.88. The molecule has 0 saturated carbocycles. The highest BCUT2D eigenvalue weighted by atomic mass is 16.5. The lowest BCUT2D eigenvalue weighted by Gasteiger charge is -1.97. The van der Waals surface area contributed by atoms with E-state index in [0.717, 1.165) is 25.7 Å². The third-order valence-corrected chi connectivity index (χ3v) is 1.48. The van der Waals surface area contributed by atoms with Crippen molar-refractivity contribution >= 4 is 5.97 Å². The molecule has 0 aliphatic rings. The summed E-state index contributed by atoms with van der Waals surface area (Å²) in [5.74, 6) is -0.330. The first kappa shape index (κ1) is 16.1. The largest absolute Gasteiger partial charge is 0.463 e. The van der Waals surface area contributed by atoms with Crippen LogP contribution in [-0.4, -0.2) is 12.6 Å². The number of allylic oxidation sites excluding steroid dienone is 2. The summed E-state index contributed by atoms with van der Waals surface area (Å²) in [7, 11) is 0. The van der Waals surface area contributed by atoms with Crippen molar-refractivity contribution < 1.29 is 9.53 Å². The molecule has 0 spiro atoms. The molecule has 0 heterocycles. The van der Waals surface area contributed by atoms with Gasteiger partial charge in [-0.15, -0.1) is 13.2 Å². The van der Waals surface area contributed by atoms with Gasteiger partial charge in [-0.2, -0.15) is 0 Å². The van der Waals surface area contributed by atoms with Crippen molar-refractivity contribution in [1.82, 2.24) is 0 Å². The van der Waals surface area contributed by atoms with E-state index in [1.54, 1.807) is 0 Å². The van der Waals surface area contributed by atoms with Crippen LogP contribution in [0.25, 0.3) is 0 Å². The summed E-state index contributed by atoms with van der Waals surface area (Å²) in [4.78, 5) is 10.3. The number of rotatable bonds is 7. The van der Waals surface area contributed by atoms with E-state index >= 15 is 0 Å². The highest BCUT2D eigenvalue weighted by molar-refractivity contribution is 5.81. The summed E-state index contributed by atoms with van der Waals surface area (Å²) < 4.78 is 4.67. The average molecular weight is 210 g/mol. The summed E-state index contributed by atoms with van der Waals surface area (Å²) in [6.45, 7) is 12.9. The van der Waals surface area contributed by atoms with E-state index in [0.29, 0.717) is 6.61 Å². The van der Waals surface area contributed by atoms with E-state index in [2.05, 4.69) is 24.5 Å². The fraction of sp³-hybridized carbons (Fsp3) is 0.462. The Bertz CT molecular complexity index is 175. The van der Waals surface area contributed by atoms with Crippen molar-refractivity contribution in [2.24, 2.45) is 0 Å². The molecule has 0 unspecified atom stereocenters. The second kappa shape index (κ2) is 15.2. The normalized spacial score (nSPS) is 8.07. The maximum Gasteiger partial charge on any atom is 0.330 e. The minimum absolute atomic E-state index is 0.330. The average Bonchev–Trinajstić information content (AvgIpc) is 2.27. The molecule has 2 heteroatoms. The lowest BCUT2D eigenvalue weighted by atomic mass is 10.3. The minimum atomic E-state index is -0.330. The number of esters is 1. The zero-order valence-corrected chi connectivity index (χ0v) is 9.71. The molecular formula is C13H22O2. The van der Waals surface area contributed by atoms with Gasteiger partial charge < -0.3 is 4.74 Å². The Kier molecular flexibility index (Phi) is 16.3. The molecule has 0 amide bonds. The SMILES string of the molecule is C=CC(=O)OCCCC.C=CCCC=C. The highest BCUT2D eigenvalue weighted by Gasteiger charge is 1.91. The monoisotopic (exact) mass is 210 g/mol. The third kappa shape index (κ3) is 19.2. The van der Waals surface area contributed by atoms with Crippen LogP contribution >= 0.6 is 0 Å². The lowest BCUT2D eigenvalue weighted by molar-refractivity contribution is -0.137. The molecule has 0 rings (SSSR count). The van der Waals surface area contributed by atoms with Gasteiger partial charge in [0.2, 0.25) is 0 Å². The number of hydrogen-bond acceptors (Lipinski definition) is 2. The molecule has 15 heavy (non-hydrogen) atoms. The van der Waals surface area contributed by atoms with Gasteiger partial charge in [-0.25, -0.2) is 4.79 Å². The van der Waals surface area contributed by atoms with Crippen LogP contribution < -0.4 is 0 Å². The number of carbonyl (C=O) groups excluding carboxylic acids is 1. The Balaban J connectivity index is 0.